The molecule has 15 heavy (non-hydrogen) atoms. The summed E-state index contributed by atoms with van der Waals surface area (Å²) in [6.45, 7) is 3.65. The van der Waals surface area contributed by atoms with E-state index in [1.165, 1.54) is 5.69 Å². The molecule has 0 aliphatic rings. The van der Waals surface area contributed by atoms with Crippen LogP contribution in [0.2, 0.25) is 0 Å². The molecule has 0 saturated heterocycles. The van der Waals surface area contributed by atoms with Crippen molar-refractivity contribution in [3.05, 3.63) is 18.0 Å². The number of hydrogen-bond acceptors (Lipinski definition) is 2. The Bertz CT molecular complexity index is 315. The normalized spacial score (nSPS) is 11.7. The molecule has 1 aromatic rings. The molecule has 0 unspecified atom stereocenters. The molecule has 0 aliphatic heterocycles. The molecule has 0 spiro atoms. The number of nitrogens with two attached hydrogens (primary N) is 1. The Balaban J connectivity index is 2.25. The van der Waals surface area contributed by atoms with Gasteiger partial charge in [0.1, 0.15) is 0 Å². The topological polar surface area (TPSA) is 68.2 Å². The van der Waals surface area contributed by atoms with Crippen molar-refractivity contribution in [1.82, 2.24) is 15.1 Å². The van der Waals surface area contributed by atoms with E-state index in [0.29, 0.717) is 5.96 Å². The second-order valence-corrected chi connectivity index (χ2v) is 3.39. The van der Waals surface area contributed by atoms with Gasteiger partial charge in [-0.2, -0.15) is 5.10 Å². The molecule has 1 aromatic heterocycles. The Morgan fingerprint density at radius 2 is 2.47 bits per heavy atom. The van der Waals surface area contributed by atoms with E-state index in [9.17, 15) is 0 Å². The van der Waals surface area contributed by atoms with Gasteiger partial charge in [-0.25, -0.2) is 0 Å². The summed E-state index contributed by atoms with van der Waals surface area (Å²) in [6.07, 6.45) is 3.72. The Morgan fingerprint density at radius 1 is 1.67 bits per heavy atom. The molecule has 0 radical (unpaired) electrons. The molecule has 0 saturated carbocycles. The van der Waals surface area contributed by atoms with Gasteiger partial charge in [0.05, 0.1) is 0 Å². The fourth-order valence-corrected chi connectivity index (χ4v) is 1.25. The number of aryl methyl sites for hydroxylation is 1. The summed E-state index contributed by atoms with van der Waals surface area (Å²) in [4.78, 5) is 4.14. The summed E-state index contributed by atoms with van der Waals surface area (Å²) in [5, 5.41) is 7.16. The first-order valence-corrected chi connectivity index (χ1v) is 5.24. The van der Waals surface area contributed by atoms with Crippen LogP contribution in [0.15, 0.2) is 17.3 Å². The molecule has 0 amide bonds. The highest BCUT2D eigenvalue weighted by molar-refractivity contribution is 5.77. The number of nitrogens with zero attached hydrogens (tertiary/aromatic N) is 3. The van der Waals surface area contributed by atoms with Gasteiger partial charge in [-0.15, -0.1) is 0 Å². The number of hydrogen-bond donors (Lipinski definition) is 2. The molecule has 0 fully saturated rings. The molecule has 0 atom stereocenters. The molecule has 5 nitrogen and oxygen atoms in total. The molecular weight excluding hydrogens is 190 g/mol. The van der Waals surface area contributed by atoms with E-state index >= 15 is 0 Å². The minimum Gasteiger partial charge on any atom is -0.370 e. The number of rotatable bonds is 5. The molecule has 0 aromatic carbocycles. The lowest BCUT2D eigenvalue weighted by molar-refractivity contribution is 0.694. The van der Waals surface area contributed by atoms with E-state index in [1.54, 1.807) is 6.20 Å². The van der Waals surface area contributed by atoms with Crippen molar-refractivity contribution in [2.24, 2.45) is 17.8 Å². The third-order valence-electron chi connectivity index (χ3n) is 2.12. The van der Waals surface area contributed by atoms with Gasteiger partial charge >= 0.3 is 0 Å². The quantitative estimate of drug-likeness (QED) is 0.540. The molecule has 1 heterocycles. The van der Waals surface area contributed by atoms with Crippen LogP contribution < -0.4 is 11.1 Å². The monoisotopic (exact) mass is 209 g/mol. The van der Waals surface area contributed by atoms with Crippen LogP contribution in [0.4, 0.5) is 0 Å². The zero-order chi connectivity index (χ0) is 11.1. The fourth-order valence-electron chi connectivity index (χ4n) is 1.25. The molecule has 0 bridgehead atoms. The number of nitrogens with one attached hydrogen (secondary N) is 1. The van der Waals surface area contributed by atoms with Gasteiger partial charge < -0.3 is 11.1 Å². The highest BCUT2D eigenvalue weighted by Gasteiger charge is 1.97. The maximum absolute atomic E-state index is 5.65. The Hall–Kier alpha value is -1.52. The third-order valence-corrected chi connectivity index (χ3v) is 2.12. The highest BCUT2D eigenvalue weighted by Crippen LogP contribution is 1.95. The predicted molar refractivity (Wildman–Crippen MR) is 61.7 cm³/mol. The lowest BCUT2D eigenvalue weighted by atomic mass is 10.3. The summed E-state index contributed by atoms with van der Waals surface area (Å²) in [6, 6.07) is 2.00. The van der Waals surface area contributed by atoms with E-state index in [-0.39, 0.29) is 0 Å². The van der Waals surface area contributed by atoms with Gasteiger partial charge in [0.15, 0.2) is 5.96 Å². The molecular formula is C10H19N5. The summed E-state index contributed by atoms with van der Waals surface area (Å²) >= 11 is 0. The first kappa shape index (κ1) is 11.6. The van der Waals surface area contributed by atoms with Crippen LogP contribution in [0.1, 0.15) is 19.0 Å². The summed E-state index contributed by atoms with van der Waals surface area (Å²) < 4.78 is 1.86. The minimum absolute atomic E-state index is 0.527. The van der Waals surface area contributed by atoms with E-state index in [4.69, 9.17) is 5.73 Å². The zero-order valence-corrected chi connectivity index (χ0v) is 9.40. The fraction of sp³-hybridized carbons (Fsp3) is 0.600. The maximum atomic E-state index is 5.65. The number of aliphatic imine (C=N–C) groups is 1. The first-order chi connectivity index (χ1) is 7.24. The van der Waals surface area contributed by atoms with E-state index in [1.807, 2.05) is 17.8 Å². The van der Waals surface area contributed by atoms with Crippen LogP contribution in [0.5, 0.6) is 0 Å². The molecule has 1 rings (SSSR count). The van der Waals surface area contributed by atoms with Gasteiger partial charge in [-0.05, 0) is 12.5 Å². The molecule has 3 N–H and O–H groups in total. The lowest BCUT2D eigenvalue weighted by Gasteiger charge is -2.05. The SMILES string of the molecule is CCCN=C(N)NCCc1ccnn1C. The Morgan fingerprint density at radius 3 is 3.07 bits per heavy atom. The summed E-state index contributed by atoms with van der Waals surface area (Å²) in [5.41, 5.74) is 6.84. The van der Waals surface area contributed by atoms with Gasteiger partial charge in [0.2, 0.25) is 0 Å². The summed E-state index contributed by atoms with van der Waals surface area (Å²) in [7, 11) is 1.93. The molecule has 0 aliphatic carbocycles. The highest BCUT2D eigenvalue weighted by atomic mass is 15.3. The largest absolute Gasteiger partial charge is 0.370 e. The first-order valence-electron chi connectivity index (χ1n) is 5.24. The zero-order valence-electron chi connectivity index (χ0n) is 9.40. The van der Waals surface area contributed by atoms with Crippen LogP contribution in [0, 0.1) is 0 Å². The molecule has 5 heteroatoms. The van der Waals surface area contributed by atoms with E-state index < -0.39 is 0 Å². The van der Waals surface area contributed by atoms with Gasteiger partial charge in [-0.3, -0.25) is 9.67 Å². The van der Waals surface area contributed by atoms with Crippen LogP contribution in [0.3, 0.4) is 0 Å². The standard InChI is InChI=1S/C10H19N5/c1-3-6-12-10(11)13-7-4-9-5-8-14-15(9)2/h5,8H,3-4,6-7H2,1-2H3,(H3,11,12,13). The van der Waals surface area contributed by atoms with Crippen molar-refractivity contribution in [3.8, 4) is 0 Å². The van der Waals surface area contributed by atoms with E-state index in [2.05, 4.69) is 22.3 Å². The van der Waals surface area contributed by atoms with Crippen molar-refractivity contribution in [1.29, 1.82) is 0 Å². The smallest absolute Gasteiger partial charge is 0.188 e. The van der Waals surface area contributed by atoms with Crippen molar-refractivity contribution in [2.45, 2.75) is 19.8 Å². The predicted octanol–water partition coefficient (Wildman–Crippen LogP) is 0.277. The van der Waals surface area contributed by atoms with Crippen molar-refractivity contribution in [3.63, 3.8) is 0 Å². The van der Waals surface area contributed by atoms with E-state index in [0.717, 1.165) is 25.9 Å². The summed E-state index contributed by atoms with van der Waals surface area (Å²) in [5.74, 6) is 0.527. The van der Waals surface area contributed by atoms with Crippen LogP contribution >= 0.6 is 0 Å². The van der Waals surface area contributed by atoms with Gasteiger partial charge in [0.25, 0.3) is 0 Å². The van der Waals surface area contributed by atoms with Crippen LogP contribution in [0.25, 0.3) is 0 Å². The average molecular weight is 209 g/mol. The number of guanidine groups is 1. The van der Waals surface area contributed by atoms with Crippen molar-refractivity contribution in [2.75, 3.05) is 13.1 Å². The van der Waals surface area contributed by atoms with Crippen molar-refractivity contribution >= 4 is 5.96 Å². The second kappa shape index (κ2) is 6.06. The maximum Gasteiger partial charge on any atom is 0.188 e. The molecule has 84 valence electrons. The minimum atomic E-state index is 0.527. The van der Waals surface area contributed by atoms with Crippen LogP contribution in [-0.2, 0) is 13.5 Å². The lowest BCUT2D eigenvalue weighted by Crippen LogP contribution is -2.33. The number of aromatic nitrogens is 2. The second-order valence-electron chi connectivity index (χ2n) is 3.39. The van der Waals surface area contributed by atoms with Crippen molar-refractivity contribution < 1.29 is 0 Å². The van der Waals surface area contributed by atoms with Gasteiger partial charge in [-0.1, -0.05) is 6.92 Å². The Kier molecular flexibility index (Phi) is 4.66. The third kappa shape index (κ3) is 4.01. The average Bonchev–Trinajstić information content (AvgIpc) is 2.61. The Labute approximate surface area is 90.4 Å². The van der Waals surface area contributed by atoms with Gasteiger partial charge in [0, 0.05) is 38.4 Å². The van der Waals surface area contributed by atoms with Crippen LogP contribution in [-0.4, -0.2) is 28.8 Å².